The van der Waals surface area contributed by atoms with Crippen molar-refractivity contribution in [3.8, 4) is 0 Å². The van der Waals surface area contributed by atoms with Gasteiger partial charge in [-0.05, 0) is 18.6 Å². The summed E-state index contributed by atoms with van der Waals surface area (Å²) in [6.45, 7) is 2.19. The van der Waals surface area contributed by atoms with E-state index in [1.54, 1.807) is 16.9 Å². The van der Waals surface area contributed by atoms with Crippen LogP contribution in [-0.2, 0) is 17.9 Å². The lowest BCUT2D eigenvalue weighted by Gasteiger charge is -2.11. The average Bonchev–Trinajstić information content (AvgIpc) is 3.16. The molecule has 0 aliphatic heterocycles. The maximum atomic E-state index is 12.7. The molecule has 2 aromatic carbocycles. The third-order valence-electron chi connectivity index (χ3n) is 4.73. The molecule has 10 heteroatoms. The van der Waals surface area contributed by atoms with Crippen LogP contribution in [0.3, 0.4) is 0 Å². The van der Waals surface area contributed by atoms with Gasteiger partial charge in [-0.15, -0.1) is 0 Å². The van der Waals surface area contributed by atoms with Gasteiger partial charge in [-0.3, -0.25) is 24.3 Å². The molecule has 0 aliphatic carbocycles. The van der Waals surface area contributed by atoms with Crippen LogP contribution in [0.15, 0.2) is 65.8 Å². The molecule has 2 aromatic heterocycles. The Morgan fingerprint density at radius 1 is 1.19 bits per heavy atom. The molecule has 0 saturated carbocycles. The summed E-state index contributed by atoms with van der Waals surface area (Å²) in [6.07, 6.45) is 2.83. The fourth-order valence-electron chi connectivity index (χ4n) is 3.26. The number of hydrogen-bond donors (Lipinski definition) is 1. The first-order valence-electron chi connectivity index (χ1n) is 9.41. The second-order valence-electron chi connectivity index (χ2n) is 7.05. The molecular weight excluding hydrogens is 400 g/mol. The standard InChI is InChI=1S/C21H18N6O4/c1-14-3-2-4-15(9-14)11-26-19(7-8-23-26)24-20(28)12-25-13-22-18-6-5-16(27(30)31)10-17(18)21(25)29/h2-10,13H,11-12H2,1H3,(H,24,28). The van der Waals surface area contributed by atoms with Crippen molar-refractivity contribution in [3.63, 3.8) is 0 Å². The molecule has 1 N–H and O–H groups in total. The van der Waals surface area contributed by atoms with Gasteiger partial charge in [-0.25, -0.2) is 9.67 Å². The molecule has 0 saturated heterocycles. The van der Waals surface area contributed by atoms with E-state index in [2.05, 4.69) is 15.4 Å². The zero-order chi connectivity index (χ0) is 22.0. The Kier molecular flexibility index (Phi) is 5.27. The fourth-order valence-corrected chi connectivity index (χ4v) is 3.26. The Bertz CT molecular complexity index is 1360. The minimum Gasteiger partial charge on any atom is -0.309 e. The van der Waals surface area contributed by atoms with E-state index in [4.69, 9.17) is 0 Å². The average molecular weight is 418 g/mol. The van der Waals surface area contributed by atoms with Crippen LogP contribution in [0.5, 0.6) is 0 Å². The maximum Gasteiger partial charge on any atom is 0.270 e. The monoisotopic (exact) mass is 418 g/mol. The zero-order valence-corrected chi connectivity index (χ0v) is 16.6. The van der Waals surface area contributed by atoms with Crippen LogP contribution in [0.25, 0.3) is 10.9 Å². The predicted molar refractivity (Wildman–Crippen MR) is 114 cm³/mol. The van der Waals surface area contributed by atoms with Gasteiger partial charge in [0, 0.05) is 18.2 Å². The van der Waals surface area contributed by atoms with E-state index in [9.17, 15) is 19.7 Å². The number of fused-ring (bicyclic) bond motifs is 1. The molecule has 0 atom stereocenters. The SMILES string of the molecule is Cc1cccc(Cn2nccc2NC(=O)Cn2cnc3ccc([N+](=O)[O-])cc3c2=O)c1. The highest BCUT2D eigenvalue weighted by atomic mass is 16.6. The largest absolute Gasteiger partial charge is 0.309 e. The first-order valence-corrected chi connectivity index (χ1v) is 9.41. The number of nitrogens with one attached hydrogen (secondary N) is 1. The van der Waals surface area contributed by atoms with Crippen molar-refractivity contribution in [3.05, 3.63) is 92.7 Å². The number of nitrogens with zero attached hydrogens (tertiary/aromatic N) is 5. The van der Waals surface area contributed by atoms with E-state index < -0.39 is 16.4 Å². The highest BCUT2D eigenvalue weighted by Crippen LogP contribution is 2.16. The quantitative estimate of drug-likeness (QED) is 0.379. The Morgan fingerprint density at radius 3 is 2.81 bits per heavy atom. The highest BCUT2D eigenvalue weighted by Gasteiger charge is 2.14. The van der Waals surface area contributed by atoms with Gasteiger partial charge in [0.25, 0.3) is 11.2 Å². The van der Waals surface area contributed by atoms with Crippen molar-refractivity contribution < 1.29 is 9.72 Å². The Balaban J connectivity index is 1.53. The smallest absolute Gasteiger partial charge is 0.270 e. The second-order valence-corrected chi connectivity index (χ2v) is 7.05. The van der Waals surface area contributed by atoms with Gasteiger partial charge >= 0.3 is 0 Å². The van der Waals surface area contributed by atoms with Crippen molar-refractivity contribution in [1.82, 2.24) is 19.3 Å². The van der Waals surface area contributed by atoms with Gasteiger partial charge < -0.3 is 5.32 Å². The topological polar surface area (TPSA) is 125 Å². The lowest BCUT2D eigenvalue weighted by molar-refractivity contribution is -0.384. The Morgan fingerprint density at radius 2 is 2.03 bits per heavy atom. The van der Waals surface area contributed by atoms with Crippen LogP contribution in [0, 0.1) is 17.0 Å². The number of carbonyl (C=O) groups is 1. The first kappa shape index (κ1) is 20.0. The molecule has 10 nitrogen and oxygen atoms in total. The van der Waals surface area contributed by atoms with Crippen LogP contribution < -0.4 is 10.9 Å². The molecule has 0 spiro atoms. The zero-order valence-electron chi connectivity index (χ0n) is 16.6. The van der Waals surface area contributed by atoms with Crippen LogP contribution >= 0.6 is 0 Å². The molecular formula is C21H18N6O4. The van der Waals surface area contributed by atoms with E-state index in [0.717, 1.165) is 21.8 Å². The third kappa shape index (κ3) is 4.32. The van der Waals surface area contributed by atoms with Gasteiger partial charge in [-0.2, -0.15) is 5.10 Å². The summed E-state index contributed by atoms with van der Waals surface area (Å²) >= 11 is 0. The summed E-state index contributed by atoms with van der Waals surface area (Å²) in [5.41, 5.74) is 1.74. The van der Waals surface area contributed by atoms with Gasteiger partial charge in [0.2, 0.25) is 5.91 Å². The van der Waals surface area contributed by atoms with Crippen LogP contribution in [-0.4, -0.2) is 30.2 Å². The molecule has 4 aromatic rings. The summed E-state index contributed by atoms with van der Waals surface area (Å²) in [5, 5.41) is 18.0. The number of nitro benzene ring substituents is 1. The van der Waals surface area contributed by atoms with Crippen molar-refractivity contribution in [1.29, 1.82) is 0 Å². The van der Waals surface area contributed by atoms with Crippen molar-refractivity contribution in [2.45, 2.75) is 20.0 Å². The van der Waals surface area contributed by atoms with Gasteiger partial charge in [0.15, 0.2) is 0 Å². The predicted octanol–water partition coefficient (Wildman–Crippen LogP) is 2.50. The number of carbonyl (C=O) groups excluding carboxylic acids is 1. The van der Waals surface area contributed by atoms with Gasteiger partial charge in [0.1, 0.15) is 12.4 Å². The highest BCUT2D eigenvalue weighted by molar-refractivity contribution is 5.90. The van der Waals surface area contributed by atoms with Crippen molar-refractivity contribution in [2.24, 2.45) is 0 Å². The van der Waals surface area contributed by atoms with Crippen LogP contribution in [0.4, 0.5) is 11.5 Å². The summed E-state index contributed by atoms with van der Waals surface area (Å²) in [7, 11) is 0. The number of aromatic nitrogens is 4. The molecule has 31 heavy (non-hydrogen) atoms. The maximum absolute atomic E-state index is 12.7. The lowest BCUT2D eigenvalue weighted by Crippen LogP contribution is -2.28. The number of aryl methyl sites for hydroxylation is 1. The number of amides is 1. The number of hydrogen-bond acceptors (Lipinski definition) is 6. The second kappa shape index (κ2) is 8.19. The summed E-state index contributed by atoms with van der Waals surface area (Å²) in [4.78, 5) is 39.8. The molecule has 4 rings (SSSR count). The number of anilines is 1. The van der Waals surface area contributed by atoms with Gasteiger partial charge in [0.05, 0.1) is 34.9 Å². The molecule has 1 amide bonds. The minimum atomic E-state index is -0.585. The number of rotatable bonds is 6. The number of non-ortho nitro benzene ring substituents is 1. The molecule has 2 heterocycles. The molecule has 0 radical (unpaired) electrons. The van der Waals surface area contributed by atoms with Crippen LogP contribution in [0.1, 0.15) is 11.1 Å². The van der Waals surface area contributed by atoms with E-state index in [0.29, 0.717) is 17.9 Å². The Hall–Kier alpha value is -4.34. The van der Waals surface area contributed by atoms with Crippen LogP contribution in [0.2, 0.25) is 0 Å². The minimum absolute atomic E-state index is 0.0778. The van der Waals surface area contributed by atoms with E-state index >= 15 is 0 Å². The summed E-state index contributed by atoms with van der Waals surface area (Å²) in [5.74, 6) is 0.0450. The lowest BCUT2D eigenvalue weighted by atomic mass is 10.1. The van der Waals surface area contributed by atoms with E-state index in [1.165, 1.54) is 18.5 Å². The fraction of sp³-hybridized carbons (Fsp3) is 0.143. The Labute approximate surface area is 175 Å². The molecule has 0 bridgehead atoms. The normalized spacial score (nSPS) is 10.9. The first-order chi connectivity index (χ1) is 14.9. The third-order valence-corrected chi connectivity index (χ3v) is 4.73. The van der Waals surface area contributed by atoms with E-state index in [1.807, 2.05) is 31.2 Å². The van der Waals surface area contributed by atoms with Crippen molar-refractivity contribution in [2.75, 3.05) is 5.32 Å². The summed E-state index contributed by atoms with van der Waals surface area (Å²) in [6, 6.07) is 13.5. The van der Waals surface area contributed by atoms with Gasteiger partial charge in [-0.1, -0.05) is 29.8 Å². The molecule has 0 aliphatic rings. The number of benzene rings is 2. The molecule has 0 fully saturated rings. The molecule has 156 valence electrons. The van der Waals surface area contributed by atoms with Crippen molar-refractivity contribution >= 4 is 28.3 Å². The number of nitro groups is 1. The molecule has 0 unspecified atom stereocenters. The summed E-state index contributed by atoms with van der Waals surface area (Å²) < 4.78 is 2.76. The van der Waals surface area contributed by atoms with E-state index in [-0.39, 0.29) is 17.6 Å².